The van der Waals surface area contributed by atoms with E-state index < -0.39 is 6.29 Å². The number of hydrogen-bond donors (Lipinski definition) is 0. The topological polar surface area (TPSA) is 18.5 Å². The van der Waals surface area contributed by atoms with Crippen LogP contribution < -0.4 is 0 Å². The van der Waals surface area contributed by atoms with Gasteiger partial charge in [-0.25, -0.2) is 0 Å². The molecule has 1 aliphatic rings. The van der Waals surface area contributed by atoms with Gasteiger partial charge in [-0.2, -0.15) is 0 Å². The third-order valence-corrected chi connectivity index (χ3v) is 2.67. The molecule has 0 bridgehead atoms. The summed E-state index contributed by atoms with van der Waals surface area (Å²) in [4.78, 5) is 0. The molecule has 1 rings (SSSR count). The smallest absolute Gasteiger partial charge is 0.267 e. The van der Waals surface area contributed by atoms with E-state index in [0.29, 0.717) is 5.76 Å². The molecule has 100 valence electrons. The van der Waals surface area contributed by atoms with Gasteiger partial charge in [0.25, 0.3) is 6.29 Å². The molecule has 1 unspecified atom stereocenters. The summed E-state index contributed by atoms with van der Waals surface area (Å²) in [5, 5.41) is 0. The number of ether oxygens (including phenoxy) is 2. The highest BCUT2D eigenvalue weighted by atomic mass is 16.7. The Balaban J connectivity index is 3.00. The van der Waals surface area contributed by atoms with E-state index in [1.165, 1.54) is 0 Å². The van der Waals surface area contributed by atoms with E-state index in [2.05, 4.69) is 19.7 Å². The molecular formula is C17H20O2. The largest absolute Gasteiger partial charge is 0.447 e. The molecule has 0 fully saturated rings. The van der Waals surface area contributed by atoms with E-state index in [-0.39, 0.29) is 0 Å². The van der Waals surface area contributed by atoms with E-state index >= 15 is 0 Å². The van der Waals surface area contributed by atoms with Crippen LogP contribution in [0.2, 0.25) is 0 Å². The van der Waals surface area contributed by atoms with Crippen LogP contribution in [0.3, 0.4) is 0 Å². The van der Waals surface area contributed by atoms with Crippen molar-refractivity contribution in [3.63, 3.8) is 0 Å². The maximum Gasteiger partial charge on any atom is 0.267 e. The first-order valence-corrected chi connectivity index (χ1v) is 6.13. The first-order valence-electron chi connectivity index (χ1n) is 6.13. The molecule has 1 atom stereocenters. The monoisotopic (exact) mass is 256 g/mol. The van der Waals surface area contributed by atoms with Crippen molar-refractivity contribution in [2.75, 3.05) is 0 Å². The average molecular weight is 256 g/mol. The van der Waals surface area contributed by atoms with E-state index in [9.17, 15) is 0 Å². The minimum atomic E-state index is -0.480. The minimum Gasteiger partial charge on any atom is -0.447 e. The van der Waals surface area contributed by atoms with E-state index in [1.54, 1.807) is 18.2 Å². The third-order valence-electron chi connectivity index (χ3n) is 2.67. The Morgan fingerprint density at radius 1 is 1.16 bits per heavy atom. The highest BCUT2D eigenvalue weighted by Gasteiger charge is 2.28. The van der Waals surface area contributed by atoms with Crippen LogP contribution in [0.5, 0.6) is 0 Å². The van der Waals surface area contributed by atoms with Crippen LogP contribution in [0, 0.1) is 0 Å². The van der Waals surface area contributed by atoms with Gasteiger partial charge < -0.3 is 9.47 Å². The van der Waals surface area contributed by atoms with Gasteiger partial charge in [0, 0.05) is 5.57 Å². The Bertz CT molecular complexity index is 487. The summed E-state index contributed by atoms with van der Waals surface area (Å²) in [5.74, 6) is 1.38. The predicted molar refractivity (Wildman–Crippen MR) is 80.2 cm³/mol. The molecule has 2 heteroatoms. The quantitative estimate of drug-likeness (QED) is 0.648. The second-order valence-corrected chi connectivity index (χ2v) is 3.93. The zero-order chi connectivity index (χ0) is 14.3. The SMILES string of the molecule is C=C/C=C\C(=C/C=C)C1OC(C=C)=C(/C(C)=C\C)O1. The number of rotatable bonds is 6. The second kappa shape index (κ2) is 7.27. The highest BCUT2D eigenvalue weighted by molar-refractivity contribution is 5.37. The van der Waals surface area contributed by atoms with Crippen molar-refractivity contribution in [3.8, 4) is 0 Å². The van der Waals surface area contributed by atoms with Gasteiger partial charge in [-0.15, -0.1) is 0 Å². The molecule has 0 saturated carbocycles. The summed E-state index contributed by atoms with van der Waals surface area (Å²) in [6.07, 6.45) is 12.1. The fourth-order valence-electron chi connectivity index (χ4n) is 1.58. The maximum absolute atomic E-state index is 5.85. The zero-order valence-corrected chi connectivity index (χ0v) is 11.6. The Kier molecular flexibility index (Phi) is 5.68. The van der Waals surface area contributed by atoms with Crippen LogP contribution in [0.25, 0.3) is 0 Å². The van der Waals surface area contributed by atoms with Crippen molar-refractivity contribution in [1.82, 2.24) is 0 Å². The summed E-state index contributed by atoms with van der Waals surface area (Å²) in [5.41, 5.74) is 1.89. The molecule has 0 N–H and O–H groups in total. The average Bonchev–Trinajstić information content (AvgIpc) is 2.86. The normalized spacial score (nSPS) is 20.2. The van der Waals surface area contributed by atoms with Gasteiger partial charge in [0.1, 0.15) is 0 Å². The highest BCUT2D eigenvalue weighted by Crippen LogP contribution is 2.31. The summed E-state index contributed by atoms with van der Waals surface area (Å²) in [6, 6.07) is 0. The molecule has 0 aromatic carbocycles. The van der Waals surface area contributed by atoms with Crippen molar-refractivity contribution in [1.29, 1.82) is 0 Å². The van der Waals surface area contributed by atoms with E-state index in [1.807, 2.05) is 38.2 Å². The van der Waals surface area contributed by atoms with Gasteiger partial charge in [-0.3, -0.25) is 0 Å². The van der Waals surface area contributed by atoms with Gasteiger partial charge >= 0.3 is 0 Å². The molecule has 0 spiro atoms. The van der Waals surface area contributed by atoms with Crippen LogP contribution >= 0.6 is 0 Å². The standard InChI is InChI=1S/C17H20O2/c1-6-10-12-14(11-7-2)17-18-15(9-4)16(19-17)13(5)8-3/h6-12,17H,1-2,4H2,3,5H3/b12-10-,13-8-,14-11+. The Morgan fingerprint density at radius 2 is 1.89 bits per heavy atom. The van der Waals surface area contributed by atoms with Gasteiger partial charge in [0.05, 0.1) is 0 Å². The van der Waals surface area contributed by atoms with Crippen molar-refractivity contribution in [2.45, 2.75) is 20.1 Å². The molecule has 0 aromatic heterocycles. The zero-order valence-electron chi connectivity index (χ0n) is 11.6. The lowest BCUT2D eigenvalue weighted by Gasteiger charge is -2.13. The molecular weight excluding hydrogens is 236 g/mol. The molecule has 0 aliphatic carbocycles. The third kappa shape index (κ3) is 3.62. The molecule has 19 heavy (non-hydrogen) atoms. The molecule has 0 amide bonds. The number of allylic oxidation sites excluding steroid dienone is 7. The Labute approximate surface area is 115 Å². The molecule has 1 heterocycles. The van der Waals surface area contributed by atoms with E-state index in [4.69, 9.17) is 9.47 Å². The lowest BCUT2D eigenvalue weighted by atomic mass is 10.2. The first-order chi connectivity index (χ1) is 9.17. The summed E-state index contributed by atoms with van der Waals surface area (Å²) < 4.78 is 11.6. The van der Waals surface area contributed by atoms with Crippen LogP contribution in [0.15, 0.2) is 84.9 Å². The molecule has 0 saturated heterocycles. The first kappa shape index (κ1) is 14.8. The molecule has 0 aromatic rings. The van der Waals surface area contributed by atoms with Gasteiger partial charge in [-0.05, 0) is 25.5 Å². The second-order valence-electron chi connectivity index (χ2n) is 3.93. The summed E-state index contributed by atoms with van der Waals surface area (Å²) >= 11 is 0. The van der Waals surface area contributed by atoms with Crippen LogP contribution in [0.4, 0.5) is 0 Å². The van der Waals surface area contributed by atoms with Crippen molar-refractivity contribution in [2.24, 2.45) is 0 Å². The van der Waals surface area contributed by atoms with Gasteiger partial charge in [0.15, 0.2) is 11.5 Å². The summed E-state index contributed by atoms with van der Waals surface area (Å²) in [6.45, 7) is 15.0. The van der Waals surface area contributed by atoms with Gasteiger partial charge in [0.2, 0.25) is 0 Å². The predicted octanol–water partition coefficient (Wildman–Crippen LogP) is 4.58. The number of hydrogen-bond acceptors (Lipinski definition) is 2. The lowest BCUT2D eigenvalue weighted by Crippen LogP contribution is -2.11. The fourth-order valence-corrected chi connectivity index (χ4v) is 1.58. The van der Waals surface area contributed by atoms with Crippen molar-refractivity contribution < 1.29 is 9.47 Å². The molecule has 2 nitrogen and oxygen atoms in total. The Hall–Kier alpha value is -2.22. The van der Waals surface area contributed by atoms with Crippen LogP contribution in [-0.4, -0.2) is 6.29 Å². The van der Waals surface area contributed by atoms with Gasteiger partial charge in [-0.1, -0.05) is 56.2 Å². The Morgan fingerprint density at radius 3 is 2.42 bits per heavy atom. The lowest BCUT2D eigenvalue weighted by molar-refractivity contribution is -0.00121. The van der Waals surface area contributed by atoms with Crippen molar-refractivity contribution in [3.05, 3.63) is 84.9 Å². The minimum absolute atomic E-state index is 0.480. The van der Waals surface area contributed by atoms with Crippen molar-refractivity contribution >= 4 is 0 Å². The summed E-state index contributed by atoms with van der Waals surface area (Å²) in [7, 11) is 0. The van der Waals surface area contributed by atoms with Crippen LogP contribution in [0.1, 0.15) is 13.8 Å². The van der Waals surface area contributed by atoms with Crippen LogP contribution in [-0.2, 0) is 9.47 Å². The van der Waals surface area contributed by atoms with E-state index in [0.717, 1.165) is 16.9 Å². The fraction of sp³-hybridized carbons (Fsp3) is 0.176. The molecule has 1 aliphatic heterocycles. The molecule has 0 radical (unpaired) electrons. The maximum atomic E-state index is 5.85.